The molecule has 7 heteroatoms. The third kappa shape index (κ3) is 2.75. The van der Waals surface area contributed by atoms with E-state index in [0.717, 1.165) is 29.9 Å². The van der Waals surface area contributed by atoms with Gasteiger partial charge in [0.05, 0.1) is 18.2 Å². The minimum Gasteiger partial charge on any atom is -0.339 e. The van der Waals surface area contributed by atoms with Gasteiger partial charge in [-0.3, -0.25) is 9.48 Å². The van der Waals surface area contributed by atoms with Crippen molar-refractivity contribution in [1.29, 1.82) is 0 Å². The van der Waals surface area contributed by atoms with Gasteiger partial charge in [-0.05, 0) is 19.8 Å². The van der Waals surface area contributed by atoms with Crippen LogP contribution >= 0.6 is 0 Å². The Kier molecular flexibility index (Phi) is 4.09. The molecule has 1 amide bonds. The minimum atomic E-state index is -0.106. The largest absolute Gasteiger partial charge is 0.339 e. The summed E-state index contributed by atoms with van der Waals surface area (Å²) in [5, 5.41) is 8.59. The Morgan fingerprint density at radius 3 is 2.64 bits per heavy atom. The Morgan fingerprint density at radius 1 is 1.20 bits per heavy atom. The molecule has 0 N–H and O–H groups in total. The van der Waals surface area contributed by atoms with Gasteiger partial charge in [0.25, 0.3) is 0 Å². The quantitative estimate of drug-likeness (QED) is 0.856. The molecule has 0 radical (unpaired) electrons. The van der Waals surface area contributed by atoms with Gasteiger partial charge in [0.15, 0.2) is 5.82 Å². The molecule has 0 unspecified atom stereocenters. The second-order valence-corrected chi connectivity index (χ2v) is 7.39. The second-order valence-electron chi connectivity index (χ2n) is 7.39. The SMILES string of the molecule is Cc1c([C@@H]2[C@@H](c3nc(C4CCCCC4)no3)CC(=O)N2C)cnn1C. The zero-order chi connectivity index (χ0) is 17.6. The lowest BCUT2D eigenvalue weighted by Crippen LogP contribution is -2.24. The Labute approximate surface area is 147 Å². The van der Waals surface area contributed by atoms with E-state index >= 15 is 0 Å². The van der Waals surface area contributed by atoms with Gasteiger partial charge in [-0.1, -0.05) is 24.4 Å². The lowest BCUT2D eigenvalue weighted by atomic mass is 9.89. The molecule has 1 saturated heterocycles. The van der Waals surface area contributed by atoms with Crippen LogP contribution in [0, 0.1) is 6.92 Å². The summed E-state index contributed by atoms with van der Waals surface area (Å²) in [7, 11) is 3.76. The summed E-state index contributed by atoms with van der Waals surface area (Å²) in [5.74, 6) is 1.81. The molecule has 1 saturated carbocycles. The first-order valence-corrected chi connectivity index (χ1v) is 9.14. The number of carbonyl (C=O) groups is 1. The Bertz CT molecular complexity index is 774. The first-order valence-electron chi connectivity index (χ1n) is 9.14. The first-order chi connectivity index (χ1) is 12.1. The van der Waals surface area contributed by atoms with Crippen molar-refractivity contribution in [2.24, 2.45) is 7.05 Å². The number of carbonyl (C=O) groups excluding carboxylic acids is 1. The van der Waals surface area contributed by atoms with E-state index in [-0.39, 0.29) is 17.9 Å². The predicted octanol–water partition coefficient (Wildman–Crippen LogP) is 2.85. The number of likely N-dealkylation sites (tertiary alicyclic amines) is 1. The Hall–Kier alpha value is -2.18. The van der Waals surface area contributed by atoms with Gasteiger partial charge in [0.1, 0.15) is 0 Å². The number of rotatable bonds is 3. The van der Waals surface area contributed by atoms with Crippen molar-refractivity contribution in [3.05, 3.63) is 29.2 Å². The summed E-state index contributed by atoms with van der Waals surface area (Å²) in [4.78, 5) is 18.9. The lowest BCUT2D eigenvalue weighted by Gasteiger charge is -2.23. The van der Waals surface area contributed by atoms with E-state index in [0.29, 0.717) is 18.2 Å². The summed E-state index contributed by atoms with van der Waals surface area (Å²) in [5.41, 5.74) is 2.11. The Morgan fingerprint density at radius 2 is 1.96 bits per heavy atom. The van der Waals surface area contributed by atoms with E-state index in [1.165, 1.54) is 19.3 Å². The van der Waals surface area contributed by atoms with Crippen LogP contribution in [0.5, 0.6) is 0 Å². The Balaban J connectivity index is 1.65. The standard InChI is InChI=1S/C18H25N5O2/c1-11-14(10-19-23(11)3)16-13(9-15(24)22(16)2)18-20-17(21-25-18)12-7-5-4-6-8-12/h10,12-13,16H,4-9H2,1-3H3/t13-,16-/m0/s1. The molecular weight excluding hydrogens is 318 g/mol. The van der Waals surface area contributed by atoms with E-state index < -0.39 is 0 Å². The molecule has 0 bridgehead atoms. The molecule has 25 heavy (non-hydrogen) atoms. The summed E-state index contributed by atoms with van der Waals surface area (Å²) >= 11 is 0. The third-order valence-electron chi connectivity index (χ3n) is 5.92. The van der Waals surface area contributed by atoms with Crippen LogP contribution in [0.2, 0.25) is 0 Å². The summed E-state index contributed by atoms with van der Waals surface area (Å²) in [6.45, 7) is 2.03. The predicted molar refractivity (Wildman–Crippen MR) is 90.9 cm³/mol. The van der Waals surface area contributed by atoms with Crippen LogP contribution in [0.3, 0.4) is 0 Å². The maximum Gasteiger partial charge on any atom is 0.232 e. The number of hydrogen-bond acceptors (Lipinski definition) is 5. The minimum absolute atomic E-state index is 0.0964. The maximum absolute atomic E-state index is 12.4. The van der Waals surface area contributed by atoms with Gasteiger partial charge in [0.2, 0.25) is 11.8 Å². The van der Waals surface area contributed by atoms with Gasteiger partial charge in [-0.2, -0.15) is 10.1 Å². The molecular formula is C18H25N5O2. The monoisotopic (exact) mass is 343 g/mol. The van der Waals surface area contributed by atoms with Gasteiger partial charge in [-0.25, -0.2) is 0 Å². The van der Waals surface area contributed by atoms with Crippen LogP contribution in [0.4, 0.5) is 0 Å². The van der Waals surface area contributed by atoms with Crippen LogP contribution in [-0.2, 0) is 11.8 Å². The lowest BCUT2D eigenvalue weighted by molar-refractivity contribution is -0.127. The van der Waals surface area contributed by atoms with E-state index in [9.17, 15) is 4.79 Å². The fourth-order valence-corrected chi connectivity index (χ4v) is 4.25. The molecule has 2 aromatic rings. The zero-order valence-electron chi connectivity index (χ0n) is 15.1. The number of likely N-dealkylation sites (N-methyl/N-ethyl adjacent to an activating group) is 1. The number of nitrogens with zero attached hydrogens (tertiary/aromatic N) is 5. The van der Waals surface area contributed by atoms with Gasteiger partial charge < -0.3 is 9.42 Å². The van der Waals surface area contributed by atoms with Crippen molar-refractivity contribution < 1.29 is 9.32 Å². The van der Waals surface area contributed by atoms with Crippen LogP contribution in [0.25, 0.3) is 0 Å². The molecule has 2 atom stereocenters. The second kappa shape index (κ2) is 6.28. The highest BCUT2D eigenvalue weighted by Gasteiger charge is 2.44. The molecule has 1 aliphatic heterocycles. The average Bonchev–Trinajstić information content (AvgIpc) is 3.30. The summed E-state index contributed by atoms with van der Waals surface area (Å²) in [6, 6.07) is -0.0964. The van der Waals surface area contributed by atoms with Gasteiger partial charge in [-0.15, -0.1) is 0 Å². The van der Waals surface area contributed by atoms with Crippen molar-refractivity contribution in [3.63, 3.8) is 0 Å². The number of aryl methyl sites for hydroxylation is 1. The van der Waals surface area contributed by atoms with Crippen molar-refractivity contribution in [2.45, 2.75) is 63.3 Å². The van der Waals surface area contributed by atoms with Crippen LogP contribution < -0.4 is 0 Å². The molecule has 2 fully saturated rings. The fraction of sp³-hybridized carbons (Fsp3) is 0.667. The normalized spacial score (nSPS) is 25.1. The molecule has 7 nitrogen and oxygen atoms in total. The molecule has 4 rings (SSSR count). The van der Waals surface area contributed by atoms with Crippen LogP contribution in [0.15, 0.2) is 10.7 Å². The molecule has 134 valence electrons. The highest BCUT2D eigenvalue weighted by atomic mass is 16.5. The topological polar surface area (TPSA) is 77.1 Å². The highest BCUT2D eigenvalue weighted by Crippen LogP contribution is 2.44. The molecule has 2 aromatic heterocycles. The molecule has 0 spiro atoms. The highest BCUT2D eigenvalue weighted by molar-refractivity contribution is 5.80. The molecule has 2 aliphatic rings. The first kappa shape index (κ1) is 16.3. The maximum atomic E-state index is 12.4. The fourth-order valence-electron chi connectivity index (χ4n) is 4.25. The van der Waals surface area contributed by atoms with Crippen molar-refractivity contribution in [1.82, 2.24) is 24.8 Å². The molecule has 0 aromatic carbocycles. The summed E-state index contributed by atoms with van der Waals surface area (Å²) < 4.78 is 7.47. The van der Waals surface area contributed by atoms with Crippen molar-refractivity contribution in [2.75, 3.05) is 7.05 Å². The van der Waals surface area contributed by atoms with E-state index in [2.05, 4.69) is 10.3 Å². The number of hydrogen-bond donors (Lipinski definition) is 0. The van der Waals surface area contributed by atoms with Gasteiger partial charge in [0, 0.05) is 37.7 Å². The zero-order valence-corrected chi connectivity index (χ0v) is 15.1. The van der Waals surface area contributed by atoms with Gasteiger partial charge >= 0.3 is 0 Å². The number of amides is 1. The molecule has 1 aliphatic carbocycles. The van der Waals surface area contributed by atoms with Crippen LogP contribution in [0.1, 0.15) is 79.4 Å². The summed E-state index contributed by atoms with van der Waals surface area (Å²) in [6.07, 6.45) is 8.28. The smallest absolute Gasteiger partial charge is 0.232 e. The third-order valence-corrected chi connectivity index (χ3v) is 5.92. The van der Waals surface area contributed by atoms with Crippen LogP contribution in [-0.4, -0.2) is 37.8 Å². The van der Waals surface area contributed by atoms with Crippen molar-refractivity contribution >= 4 is 5.91 Å². The van der Waals surface area contributed by atoms with Crippen molar-refractivity contribution in [3.8, 4) is 0 Å². The average molecular weight is 343 g/mol. The van der Waals surface area contributed by atoms with E-state index in [1.54, 1.807) is 4.90 Å². The molecule has 3 heterocycles. The van der Waals surface area contributed by atoms with E-state index in [1.807, 2.05) is 31.9 Å². The van der Waals surface area contributed by atoms with E-state index in [4.69, 9.17) is 9.51 Å². The number of aromatic nitrogens is 4.